The topological polar surface area (TPSA) is 65.4 Å². The second-order valence-electron chi connectivity index (χ2n) is 4.98. The van der Waals surface area contributed by atoms with Crippen molar-refractivity contribution in [1.29, 1.82) is 5.26 Å². The van der Waals surface area contributed by atoms with Crippen molar-refractivity contribution < 1.29 is 0 Å². The van der Waals surface area contributed by atoms with E-state index in [1.165, 1.54) is 0 Å². The highest BCUT2D eigenvalue weighted by atomic mass is 35.5. The van der Waals surface area contributed by atoms with Crippen molar-refractivity contribution in [1.82, 2.24) is 15.0 Å². The first-order valence-corrected chi connectivity index (χ1v) is 7.06. The van der Waals surface area contributed by atoms with E-state index in [1.807, 2.05) is 30.5 Å². The maximum atomic E-state index is 9.01. The highest BCUT2D eigenvalue weighted by Gasteiger charge is 2.09. The predicted molar refractivity (Wildman–Crippen MR) is 86.6 cm³/mol. The molecule has 0 atom stereocenters. The molecular formula is C17H9ClN4. The summed E-state index contributed by atoms with van der Waals surface area (Å²) in [5.74, 6) is 0. The third kappa shape index (κ3) is 2.00. The summed E-state index contributed by atoms with van der Waals surface area (Å²) in [7, 11) is 0. The van der Waals surface area contributed by atoms with E-state index < -0.39 is 0 Å². The molecule has 5 heteroatoms. The Labute approximate surface area is 131 Å². The van der Waals surface area contributed by atoms with Gasteiger partial charge in [0.05, 0.1) is 11.7 Å². The zero-order valence-corrected chi connectivity index (χ0v) is 12.1. The van der Waals surface area contributed by atoms with E-state index in [2.05, 4.69) is 27.1 Å². The van der Waals surface area contributed by atoms with Crippen LogP contribution in [0, 0.1) is 11.3 Å². The number of H-pyrrole nitrogens is 1. The third-order valence-corrected chi connectivity index (χ3v) is 3.88. The number of halogens is 1. The van der Waals surface area contributed by atoms with Crippen LogP contribution in [0.2, 0.25) is 5.02 Å². The fraction of sp³-hybridized carbons (Fsp3) is 0. The number of aromatic nitrogens is 3. The Morgan fingerprint density at radius 1 is 0.955 bits per heavy atom. The molecule has 3 heterocycles. The number of hydrogen-bond donors (Lipinski definition) is 1. The van der Waals surface area contributed by atoms with Gasteiger partial charge in [-0.2, -0.15) is 5.26 Å². The van der Waals surface area contributed by atoms with Crippen LogP contribution in [-0.4, -0.2) is 15.0 Å². The van der Waals surface area contributed by atoms with Crippen molar-refractivity contribution in [3.05, 3.63) is 59.5 Å². The number of benzene rings is 1. The molecule has 0 saturated heterocycles. The summed E-state index contributed by atoms with van der Waals surface area (Å²) < 4.78 is 0. The van der Waals surface area contributed by atoms with Crippen LogP contribution in [0.15, 0.2) is 48.8 Å². The Bertz CT molecular complexity index is 1040. The number of fused-ring (bicyclic) bond motifs is 3. The fourth-order valence-electron chi connectivity index (χ4n) is 2.54. The summed E-state index contributed by atoms with van der Waals surface area (Å²) in [6.45, 7) is 0. The van der Waals surface area contributed by atoms with Gasteiger partial charge in [0.25, 0.3) is 0 Å². The van der Waals surface area contributed by atoms with E-state index in [9.17, 15) is 0 Å². The molecule has 0 aliphatic carbocycles. The minimum Gasteiger partial charge on any atom is -0.338 e. The minimum atomic E-state index is 0.394. The van der Waals surface area contributed by atoms with Gasteiger partial charge in [-0.3, -0.25) is 0 Å². The van der Waals surface area contributed by atoms with Gasteiger partial charge in [-0.25, -0.2) is 9.97 Å². The van der Waals surface area contributed by atoms with E-state index in [-0.39, 0.29) is 0 Å². The molecule has 104 valence electrons. The zero-order valence-electron chi connectivity index (χ0n) is 11.3. The first kappa shape index (κ1) is 12.8. The molecule has 0 spiro atoms. The largest absolute Gasteiger partial charge is 0.338 e. The number of nitriles is 1. The van der Waals surface area contributed by atoms with Crippen molar-refractivity contribution in [2.24, 2.45) is 0 Å². The zero-order chi connectivity index (χ0) is 15.1. The molecule has 0 bridgehead atoms. The van der Waals surface area contributed by atoms with Gasteiger partial charge in [0.15, 0.2) is 0 Å². The van der Waals surface area contributed by atoms with Gasteiger partial charge in [-0.1, -0.05) is 23.7 Å². The molecule has 0 fully saturated rings. The summed E-state index contributed by atoms with van der Waals surface area (Å²) in [6.07, 6.45) is 3.48. The number of rotatable bonds is 1. The number of aromatic amines is 1. The van der Waals surface area contributed by atoms with Crippen molar-refractivity contribution in [3.63, 3.8) is 0 Å². The molecule has 1 aromatic carbocycles. The van der Waals surface area contributed by atoms with Crippen LogP contribution < -0.4 is 0 Å². The van der Waals surface area contributed by atoms with E-state index >= 15 is 0 Å². The molecule has 4 aromatic rings. The molecule has 4 nitrogen and oxygen atoms in total. The Balaban J connectivity index is 1.97. The van der Waals surface area contributed by atoms with Crippen LogP contribution in [0.1, 0.15) is 5.69 Å². The molecule has 0 unspecified atom stereocenters. The molecule has 0 aliphatic rings. The summed E-state index contributed by atoms with van der Waals surface area (Å²) in [4.78, 5) is 11.8. The standard InChI is InChI=1S/C17H9ClN4/c18-12-3-1-10(2-4-12)11-5-15-14-6-13(7-19)20-9-16(14)22-17(15)21-8-11/h1-6,8-9H,(H,21,22). The smallest absolute Gasteiger partial charge is 0.141 e. The molecule has 3 aromatic heterocycles. The molecule has 0 radical (unpaired) electrons. The highest BCUT2D eigenvalue weighted by molar-refractivity contribution is 6.30. The number of nitrogens with zero attached hydrogens (tertiary/aromatic N) is 3. The van der Waals surface area contributed by atoms with Gasteiger partial charge in [0.1, 0.15) is 17.4 Å². The minimum absolute atomic E-state index is 0.394. The average Bonchev–Trinajstić information content (AvgIpc) is 2.92. The monoisotopic (exact) mass is 304 g/mol. The van der Waals surface area contributed by atoms with Crippen molar-refractivity contribution >= 4 is 33.5 Å². The Morgan fingerprint density at radius 3 is 2.55 bits per heavy atom. The van der Waals surface area contributed by atoms with Gasteiger partial charge >= 0.3 is 0 Å². The van der Waals surface area contributed by atoms with E-state index in [0.29, 0.717) is 10.7 Å². The van der Waals surface area contributed by atoms with E-state index in [4.69, 9.17) is 16.9 Å². The summed E-state index contributed by atoms with van der Waals surface area (Å²) in [5, 5.41) is 11.6. The number of hydrogen-bond acceptors (Lipinski definition) is 3. The SMILES string of the molecule is N#Cc1cc2c(cn1)[nH]c1ncc(-c3ccc(Cl)cc3)cc12. The number of nitrogens with one attached hydrogen (secondary N) is 1. The molecule has 0 amide bonds. The first-order valence-electron chi connectivity index (χ1n) is 6.68. The van der Waals surface area contributed by atoms with Gasteiger partial charge in [-0.15, -0.1) is 0 Å². The predicted octanol–water partition coefficient (Wildman–Crippen LogP) is 4.30. The van der Waals surface area contributed by atoms with Gasteiger partial charge in [0.2, 0.25) is 0 Å². The summed E-state index contributed by atoms with van der Waals surface area (Å²) in [5.41, 5.74) is 4.09. The van der Waals surface area contributed by atoms with Gasteiger partial charge < -0.3 is 4.98 Å². The Kier molecular flexibility index (Phi) is 2.81. The lowest BCUT2D eigenvalue weighted by Crippen LogP contribution is -1.82. The van der Waals surface area contributed by atoms with Crippen LogP contribution in [-0.2, 0) is 0 Å². The lowest BCUT2D eigenvalue weighted by Gasteiger charge is -2.01. The normalized spacial score (nSPS) is 10.9. The van der Waals surface area contributed by atoms with Crippen LogP contribution in [0.25, 0.3) is 33.1 Å². The van der Waals surface area contributed by atoms with Gasteiger partial charge in [0, 0.05) is 27.6 Å². The first-order chi connectivity index (χ1) is 10.7. The van der Waals surface area contributed by atoms with Crippen molar-refractivity contribution in [2.45, 2.75) is 0 Å². The van der Waals surface area contributed by atoms with Gasteiger partial charge in [-0.05, 0) is 29.8 Å². The van der Waals surface area contributed by atoms with E-state index in [1.54, 1.807) is 12.3 Å². The molecule has 0 saturated carbocycles. The Hall–Kier alpha value is -2.90. The Morgan fingerprint density at radius 2 is 1.77 bits per heavy atom. The summed E-state index contributed by atoms with van der Waals surface area (Å²) >= 11 is 5.93. The second kappa shape index (κ2) is 4.83. The lowest BCUT2D eigenvalue weighted by atomic mass is 10.1. The lowest BCUT2D eigenvalue weighted by molar-refractivity contribution is 1.27. The molecule has 1 N–H and O–H groups in total. The van der Waals surface area contributed by atoms with Crippen LogP contribution in [0.3, 0.4) is 0 Å². The quantitative estimate of drug-likeness (QED) is 0.570. The maximum Gasteiger partial charge on any atom is 0.141 e. The molecule has 22 heavy (non-hydrogen) atoms. The molecule has 0 aliphatic heterocycles. The van der Waals surface area contributed by atoms with Crippen LogP contribution in [0.5, 0.6) is 0 Å². The van der Waals surface area contributed by atoms with E-state index in [0.717, 1.165) is 33.1 Å². The van der Waals surface area contributed by atoms with Crippen LogP contribution >= 0.6 is 11.6 Å². The van der Waals surface area contributed by atoms with Crippen molar-refractivity contribution in [2.75, 3.05) is 0 Å². The molecule has 4 rings (SSSR count). The van der Waals surface area contributed by atoms with Crippen LogP contribution in [0.4, 0.5) is 0 Å². The summed E-state index contributed by atoms with van der Waals surface area (Å²) in [6, 6.07) is 13.5. The van der Waals surface area contributed by atoms with Crippen molar-refractivity contribution in [3.8, 4) is 17.2 Å². The third-order valence-electron chi connectivity index (χ3n) is 3.63. The highest BCUT2D eigenvalue weighted by Crippen LogP contribution is 2.29. The average molecular weight is 305 g/mol. The second-order valence-corrected chi connectivity index (χ2v) is 5.42. The molecular weight excluding hydrogens is 296 g/mol. The number of pyridine rings is 2. The fourth-order valence-corrected chi connectivity index (χ4v) is 2.66. The maximum absolute atomic E-state index is 9.01.